The summed E-state index contributed by atoms with van der Waals surface area (Å²) < 4.78 is 38.1. The molecule has 0 atom stereocenters. The Kier molecular flexibility index (Phi) is 5.70. The second-order valence-electron chi connectivity index (χ2n) is 5.41. The van der Waals surface area contributed by atoms with Crippen molar-refractivity contribution in [2.45, 2.75) is 11.3 Å². The molecule has 138 valence electrons. The van der Waals surface area contributed by atoms with Crippen molar-refractivity contribution in [2.75, 3.05) is 11.1 Å². The lowest BCUT2D eigenvalue weighted by Gasteiger charge is -2.09. The monoisotopic (exact) mass is 390 g/mol. The molecule has 0 spiro atoms. The Morgan fingerprint density at radius 3 is 2.48 bits per heavy atom. The van der Waals surface area contributed by atoms with Crippen LogP contribution in [0.15, 0.2) is 66.0 Å². The molecule has 3 rings (SSSR count). The van der Waals surface area contributed by atoms with E-state index in [9.17, 15) is 18.0 Å². The summed E-state index contributed by atoms with van der Waals surface area (Å²) in [6.07, 6.45) is -2.91. The van der Waals surface area contributed by atoms with Crippen molar-refractivity contribution in [3.05, 3.63) is 66.4 Å². The number of alkyl halides is 3. The summed E-state index contributed by atoms with van der Waals surface area (Å²) in [6.45, 7) is 0. The topological polar surface area (TPSA) is 67.8 Å². The molecule has 0 aliphatic rings. The number of rotatable bonds is 5. The molecule has 3 aromatic rings. The Hall–Kier alpha value is -2.94. The number of anilines is 1. The predicted octanol–water partition coefficient (Wildman–Crippen LogP) is 4.29. The van der Waals surface area contributed by atoms with Crippen LogP contribution in [0.3, 0.4) is 0 Å². The zero-order chi connectivity index (χ0) is 19.3. The van der Waals surface area contributed by atoms with Gasteiger partial charge in [0.05, 0.1) is 17.5 Å². The minimum atomic E-state index is -4.46. The van der Waals surface area contributed by atoms with E-state index < -0.39 is 17.6 Å². The van der Waals surface area contributed by atoms with Crippen molar-refractivity contribution in [1.29, 1.82) is 0 Å². The van der Waals surface area contributed by atoms with Gasteiger partial charge in [-0.3, -0.25) is 4.79 Å². The molecule has 5 nitrogen and oxygen atoms in total. The van der Waals surface area contributed by atoms with Gasteiger partial charge in [0.2, 0.25) is 11.1 Å². The lowest BCUT2D eigenvalue weighted by atomic mass is 10.2. The largest absolute Gasteiger partial charge is 0.416 e. The highest BCUT2D eigenvalue weighted by Gasteiger charge is 2.30. The van der Waals surface area contributed by atoms with Gasteiger partial charge in [0, 0.05) is 11.3 Å². The molecular weight excluding hydrogens is 377 g/mol. The number of nitrogens with zero attached hydrogens (tertiary/aromatic N) is 3. The van der Waals surface area contributed by atoms with Crippen molar-refractivity contribution in [3.63, 3.8) is 0 Å². The molecule has 0 fully saturated rings. The van der Waals surface area contributed by atoms with Crippen LogP contribution in [0.5, 0.6) is 0 Å². The van der Waals surface area contributed by atoms with E-state index in [1.54, 1.807) is 6.20 Å². The third kappa shape index (κ3) is 5.27. The van der Waals surface area contributed by atoms with Crippen molar-refractivity contribution in [1.82, 2.24) is 15.2 Å². The summed E-state index contributed by atoms with van der Waals surface area (Å²) >= 11 is 1.04. The number of aromatic nitrogens is 3. The number of carbonyl (C=O) groups excluding carboxylic acids is 1. The van der Waals surface area contributed by atoms with Crippen LogP contribution in [0.4, 0.5) is 18.9 Å². The first-order chi connectivity index (χ1) is 12.9. The summed E-state index contributed by atoms with van der Waals surface area (Å²) in [5.41, 5.74) is 0.732. The van der Waals surface area contributed by atoms with Gasteiger partial charge in [0.15, 0.2) is 0 Å². The smallest absolute Gasteiger partial charge is 0.325 e. The van der Waals surface area contributed by atoms with Gasteiger partial charge in [0.25, 0.3) is 0 Å². The molecule has 0 saturated carbocycles. The number of benzene rings is 2. The highest BCUT2D eigenvalue weighted by atomic mass is 32.2. The number of hydrogen-bond acceptors (Lipinski definition) is 5. The first-order valence-corrected chi connectivity index (χ1v) is 8.75. The van der Waals surface area contributed by atoms with Gasteiger partial charge in [-0.2, -0.15) is 13.2 Å². The lowest BCUT2D eigenvalue weighted by molar-refractivity contribution is -0.137. The van der Waals surface area contributed by atoms with Crippen molar-refractivity contribution >= 4 is 23.4 Å². The summed E-state index contributed by atoms with van der Waals surface area (Å²) in [5.74, 6) is -0.516. The van der Waals surface area contributed by atoms with Gasteiger partial charge >= 0.3 is 6.18 Å². The maximum atomic E-state index is 12.7. The van der Waals surface area contributed by atoms with Crippen molar-refractivity contribution in [3.8, 4) is 11.3 Å². The predicted molar refractivity (Wildman–Crippen MR) is 96.1 cm³/mol. The maximum absolute atomic E-state index is 12.7. The van der Waals surface area contributed by atoms with Crippen molar-refractivity contribution < 1.29 is 18.0 Å². The Labute approximate surface area is 157 Å². The third-order valence-electron chi connectivity index (χ3n) is 3.42. The van der Waals surface area contributed by atoms with Crippen LogP contribution < -0.4 is 5.32 Å². The first kappa shape index (κ1) is 18.8. The number of thioether (sulfide) groups is 1. The minimum Gasteiger partial charge on any atom is -0.325 e. The molecule has 1 N–H and O–H groups in total. The fourth-order valence-electron chi connectivity index (χ4n) is 2.17. The third-order valence-corrected chi connectivity index (χ3v) is 4.27. The van der Waals surface area contributed by atoms with Gasteiger partial charge < -0.3 is 5.32 Å². The van der Waals surface area contributed by atoms with E-state index in [1.807, 2.05) is 30.3 Å². The quantitative estimate of drug-likeness (QED) is 0.659. The highest BCUT2D eigenvalue weighted by molar-refractivity contribution is 7.99. The molecule has 1 heterocycles. The van der Waals surface area contributed by atoms with E-state index in [0.717, 1.165) is 29.5 Å². The second kappa shape index (κ2) is 8.17. The van der Waals surface area contributed by atoms with E-state index in [0.29, 0.717) is 10.9 Å². The highest BCUT2D eigenvalue weighted by Crippen LogP contribution is 2.30. The molecule has 1 aromatic heterocycles. The fourth-order valence-corrected chi connectivity index (χ4v) is 2.73. The molecule has 0 unspecified atom stereocenters. The van der Waals surface area contributed by atoms with Crippen LogP contribution in [0, 0.1) is 0 Å². The van der Waals surface area contributed by atoms with Crippen LogP contribution in [-0.4, -0.2) is 26.8 Å². The fraction of sp³-hybridized carbons (Fsp3) is 0.111. The lowest BCUT2D eigenvalue weighted by Crippen LogP contribution is -2.15. The summed E-state index contributed by atoms with van der Waals surface area (Å²) in [7, 11) is 0. The van der Waals surface area contributed by atoms with E-state index in [2.05, 4.69) is 20.5 Å². The van der Waals surface area contributed by atoms with Crippen LogP contribution >= 0.6 is 11.8 Å². The SMILES string of the molecule is O=C(CSc1ncc(-c2ccccc2)nn1)Nc1cccc(C(F)(F)F)c1. The minimum absolute atomic E-state index is 0.0530. The molecular formula is C18H13F3N4OS. The van der Waals surface area contributed by atoms with Crippen LogP contribution in [-0.2, 0) is 11.0 Å². The molecule has 27 heavy (non-hydrogen) atoms. The van der Waals surface area contributed by atoms with Gasteiger partial charge in [-0.25, -0.2) is 4.98 Å². The van der Waals surface area contributed by atoms with Crippen molar-refractivity contribution in [2.24, 2.45) is 0 Å². The Morgan fingerprint density at radius 1 is 1.04 bits per heavy atom. The molecule has 9 heteroatoms. The van der Waals surface area contributed by atoms with Crippen LogP contribution in [0.25, 0.3) is 11.3 Å². The molecule has 0 aliphatic carbocycles. The van der Waals surface area contributed by atoms with Gasteiger partial charge in [-0.1, -0.05) is 48.2 Å². The molecule has 0 bridgehead atoms. The average Bonchev–Trinajstić information content (AvgIpc) is 2.67. The first-order valence-electron chi connectivity index (χ1n) is 7.77. The molecule has 0 aliphatic heterocycles. The molecule has 1 amide bonds. The zero-order valence-corrected chi connectivity index (χ0v) is 14.6. The Bertz CT molecular complexity index is 918. The number of halogens is 3. The van der Waals surface area contributed by atoms with Crippen LogP contribution in [0.2, 0.25) is 0 Å². The number of nitrogens with one attached hydrogen (secondary N) is 1. The number of carbonyl (C=O) groups is 1. The molecule has 0 saturated heterocycles. The van der Waals surface area contributed by atoms with E-state index in [-0.39, 0.29) is 11.4 Å². The standard InChI is InChI=1S/C18H13F3N4OS/c19-18(20,21)13-7-4-8-14(9-13)23-16(26)11-27-17-22-10-15(24-25-17)12-5-2-1-3-6-12/h1-10H,11H2,(H,23,26). The molecule has 0 radical (unpaired) electrons. The second-order valence-corrected chi connectivity index (χ2v) is 6.35. The van der Waals surface area contributed by atoms with Gasteiger partial charge in [-0.05, 0) is 18.2 Å². The van der Waals surface area contributed by atoms with E-state index in [1.165, 1.54) is 12.1 Å². The van der Waals surface area contributed by atoms with Crippen LogP contribution in [0.1, 0.15) is 5.56 Å². The maximum Gasteiger partial charge on any atom is 0.416 e. The Morgan fingerprint density at radius 2 is 1.81 bits per heavy atom. The summed E-state index contributed by atoms with van der Waals surface area (Å²) in [6, 6.07) is 13.8. The number of hydrogen-bond donors (Lipinski definition) is 1. The zero-order valence-electron chi connectivity index (χ0n) is 13.8. The van der Waals surface area contributed by atoms with E-state index in [4.69, 9.17) is 0 Å². The summed E-state index contributed by atoms with van der Waals surface area (Å²) in [5, 5.41) is 10.7. The average molecular weight is 390 g/mol. The normalized spacial score (nSPS) is 11.2. The Balaban J connectivity index is 1.56. The van der Waals surface area contributed by atoms with Gasteiger partial charge in [-0.15, -0.1) is 10.2 Å². The van der Waals surface area contributed by atoms with Gasteiger partial charge in [0.1, 0.15) is 5.69 Å². The van der Waals surface area contributed by atoms with E-state index >= 15 is 0 Å². The molecule has 2 aromatic carbocycles. The summed E-state index contributed by atoms with van der Waals surface area (Å²) in [4.78, 5) is 16.1. The number of amides is 1.